The highest BCUT2D eigenvalue weighted by atomic mass is 16.6. The molecule has 1 unspecified atom stereocenters. The van der Waals surface area contributed by atoms with Crippen LogP contribution in [0.25, 0.3) is 0 Å². The number of rotatable bonds is 3. The third-order valence-electron chi connectivity index (χ3n) is 3.02. The van der Waals surface area contributed by atoms with Crippen molar-refractivity contribution in [2.45, 2.75) is 58.6 Å². The largest absolute Gasteiger partial charge is 0.479 e. The fourth-order valence-corrected chi connectivity index (χ4v) is 1.89. The van der Waals surface area contributed by atoms with E-state index in [1.165, 1.54) is 0 Å². The first-order chi connectivity index (χ1) is 9.90. The van der Waals surface area contributed by atoms with Crippen molar-refractivity contribution in [3.05, 3.63) is 35.4 Å². The first-order valence-corrected chi connectivity index (χ1v) is 7.23. The highest BCUT2D eigenvalue weighted by Gasteiger charge is 2.25. The van der Waals surface area contributed by atoms with E-state index >= 15 is 0 Å². The summed E-state index contributed by atoms with van der Waals surface area (Å²) in [4.78, 5) is 23.2. The van der Waals surface area contributed by atoms with Crippen LogP contribution in [-0.4, -0.2) is 22.8 Å². The number of hydrogen-bond acceptors (Lipinski definition) is 3. The van der Waals surface area contributed by atoms with Gasteiger partial charge in [0, 0.05) is 0 Å². The molecule has 0 heterocycles. The first-order valence-electron chi connectivity index (χ1n) is 7.23. The van der Waals surface area contributed by atoms with Crippen LogP contribution in [0.2, 0.25) is 0 Å². The van der Waals surface area contributed by atoms with E-state index in [-0.39, 0.29) is 5.41 Å². The highest BCUT2D eigenvalue weighted by Crippen LogP contribution is 2.24. The summed E-state index contributed by atoms with van der Waals surface area (Å²) in [6.45, 7) is 11.4. The molecule has 1 amide bonds. The minimum absolute atomic E-state index is 0.0180. The average Bonchev–Trinajstić information content (AvgIpc) is 2.32. The number of benzene rings is 1. The zero-order valence-electron chi connectivity index (χ0n) is 14.1. The van der Waals surface area contributed by atoms with E-state index in [2.05, 4.69) is 26.1 Å². The summed E-state index contributed by atoms with van der Waals surface area (Å²) in [7, 11) is 0. The Labute approximate surface area is 131 Å². The van der Waals surface area contributed by atoms with Gasteiger partial charge in [-0.15, -0.1) is 0 Å². The Morgan fingerprint density at radius 2 is 1.55 bits per heavy atom. The maximum absolute atomic E-state index is 11.8. The number of carboxylic acid groups (broad SMARTS) is 1. The Morgan fingerprint density at radius 3 is 1.91 bits per heavy atom. The van der Waals surface area contributed by atoms with Crippen LogP contribution in [0.3, 0.4) is 0 Å². The zero-order valence-corrected chi connectivity index (χ0v) is 14.1. The summed E-state index contributed by atoms with van der Waals surface area (Å²) in [5, 5.41) is 11.7. The first kappa shape index (κ1) is 18.0. The second-order valence-corrected chi connectivity index (χ2v) is 7.29. The molecule has 0 aromatic heterocycles. The number of nitrogens with one attached hydrogen (secondary N) is 1. The molecule has 1 aromatic rings. The summed E-state index contributed by atoms with van der Waals surface area (Å²) in [5.41, 5.74) is 0.906. The molecule has 0 bridgehead atoms. The van der Waals surface area contributed by atoms with Crippen molar-refractivity contribution in [1.29, 1.82) is 0 Å². The monoisotopic (exact) mass is 307 g/mol. The van der Waals surface area contributed by atoms with Crippen molar-refractivity contribution in [2.24, 2.45) is 0 Å². The second-order valence-electron chi connectivity index (χ2n) is 7.29. The van der Waals surface area contributed by atoms with Crippen LogP contribution in [0.15, 0.2) is 24.3 Å². The fraction of sp³-hybridized carbons (Fsp3) is 0.529. The third-order valence-corrected chi connectivity index (χ3v) is 3.02. The minimum atomic E-state index is -1.14. The van der Waals surface area contributed by atoms with Crippen LogP contribution in [0.5, 0.6) is 0 Å². The molecule has 22 heavy (non-hydrogen) atoms. The van der Waals surface area contributed by atoms with Gasteiger partial charge >= 0.3 is 12.1 Å². The lowest BCUT2D eigenvalue weighted by Gasteiger charge is -2.23. The molecular formula is C17H25NO4. The standard InChI is InChI=1S/C17H25NO4/c1-16(2,3)12-9-7-11(8-10-12)13(14(19)20)18-15(21)22-17(4,5)6/h7-10,13H,1-6H3,(H,18,21)(H,19,20). The van der Waals surface area contributed by atoms with Crippen molar-refractivity contribution >= 4 is 12.1 Å². The van der Waals surface area contributed by atoms with Gasteiger partial charge in [0.25, 0.3) is 0 Å². The Bertz CT molecular complexity index is 535. The van der Waals surface area contributed by atoms with Crippen LogP contribution >= 0.6 is 0 Å². The van der Waals surface area contributed by atoms with Gasteiger partial charge in [-0.05, 0) is 37.3 Å². The van der Waals surface area contributed by atoms with E-state index < -0.39 is 23.7 Å². The fourth-order valence-electron chi connectivity index (χ4n) is 1.89. The second kappa shape index (κ2) is 6.38. The molecule has 5 nitrogen and oxygen atoms in total. The van der Waals surface area contributed by atoms with Crippen LogP contribution in [0.1, 0.15) is 58.7 Å². The normalized spacial score (nSPS) is 13.4. The molecule has 0 radical (unpaired) electrons. The summed E-state index contributed by atoms with van der Waals surface area (Å²) in [5.74, 6) is -1.13. The number of alkyl carbamates (subject to hydrolysis) is 1. The van der Waals surface area contributed by atoms with Gasteiger partial charge in [0.05, 0.1) is 0 Å². The molecule has 5 heteroatoms. The van der Waals surface area contributed by atoms with Gasteiger partial charge < -0.3 is 15.2 Å². The lowest BCUT2D eigenvalue weighted by molar-refractivity contribution is -0.139. The smallest absolute Gasteiger partial charge is 0.408 e. The summed E-state index contributed by atoms with van der Waals surface area (Å²) >= 11 is 0. The molecule has 0 aliphatic rings. The molecule has 1 rings (SSSR count). The Morgan fingerprint density at radius 1 is 1.05 bits per heavy atom. The van der Waals surface area contributed by atoms with E-state index in [1.54, 1.807) is 32.9 Å². The van der Waals surface area contributed by atoms with Crippen molar-refractivity contribution in [3.8, 4) is 0 Å². The highest BCUT2D eigenvalue weighted by molar-refractivity contribution is 5.81. The van der Waals surface area contributed by atoms with Crippen LogP contribution in [-0.2, 0) is 14.9 Å². The number of ether oxygens (including phenoxy) is 1. The minimum Gasteiger partial charge on any atom is -0.479 e. The molecule has 0 aliphatic heterocycles. The molecule has 2 N–H and O–H groups in total. The van der Waals surface area contributed by atoms with E-state index in [4.69, 9.17) is 4.74 Å². The van der Waals surface area contributed by atoms with Crippen molar-refractivity contribution in [1.82, 2.24) is 5.32 Å². The molecule has 0 spiro atoms. The maximum atomic E-state index is 11.8. The van der Waals surface area contributed by atoms with Crippen LogP contribution < -0.4 is 5.32 Å². The number of carboxylic acids is 1. The summed E-state index contributed by atoms with van der Waals surface area (Å²) in [6, 6.07) is 6.06. The number of carbonyl (C=O) groups excluding carboxylic acids is 1. The maximum Gasteiger partial charge on any atom is 0.408 e. The van der Waals surface area contributed by atoms with E-state index in [0.29, 0.717) is 5.56 Å². The Hall–Kier alpha value is -2.04. The quantitative estimate of drug-likeness (QED) is 0.894. The van der Waals surface area contributed by atoms with Crippen LogP contribution in [0, 0.1) is 0 Å². The molecular weight excluding hydrogens is 282 g/mol. The lowest BCUT2D eigenvalue weighted by atomic mass is 9.86. The summed E-state index contributed by atoms with van der Waals surface area (Å²) in [6.07, 6.45) is -0.750. The summed E-state index contributed by atoms with van der Waals surface area (Å²) < 4.78 is 5.10. The lowest BCUT2D eigenvalue weighted by Crippen LogP contribution is -2.38. The zero-order chi connectivity index (χ0) is 17.1. The molecule has 0 saturated heterocycles. The number of aliphatic carboxylic acids is 1. The Kier molecular flexibility index (Phi) is 5.22. The molecule has 0 aliphatic carbocycles. The van der Waals surface area contributed by atoms with Gasteiger partial charge in [-0.3, -0.25) is 0 Å². The molecule has 0 fully saturated rings. The van der Waals surface area contributed by atoms with Crippen LogP contribution in [0.4, 0.5) is 4.79 Å². The van der Waals surface area contributed by atoms with E-state index in [0.717, 1.165) is 5.56 Å². The van der Waals surface area contributed by atoms with Crippen molar-refractivity contribution in [2.75, 3.05) is 0 Å². The Balaban J connectivity index is 2.93. The van der Waals surface area contributed by atoms with Gasteiger partial charge in [-0.1, -0.05) is 45.0 Å². The van der Waals surface area contributed by atoms with Gasteiger partial charge in [0.1, 0.15) is 5.60 Å². The van der Waals surface area contributed by atoms with Gasteiger partial charge in [-0.2, -0.15) is 0 Å². The van der Waals surface area contributed by atoms with E-state index in [1.807, 2.05) is 12.1 Å². The molecule has 1 aromatic carbocycles. The number of hydrogen-bond donors (Lipinski definition) is 2. The van der Waals surface area contributed by atoms with Gasteiger partial charge in [0.2, 0.25) is 0 Å². The van der Waals surface area contributed by atoms with Gasteiger partial charge in [0.15, 0.2) is 6.04 Å². The van der Waals surface area contributed by atoms with E-state index in [9.17, 15) is 14.7 Å². The SMILES string of the molecule is CC(C)(C)OC(=O)NC(C(=O)O)c1ccc(C(C)(C)C)cc1. The molecule has 0 saturated carbocycles. The van der Waals surface area contributed by atoms with Crippen molar-refractivity contribution < 1.29 is 19.4 Å². The number of amides is 1. The third kappa shape index (κ3) is 5.39. The number of carbonyl (C=O) groups is 2. The predicted molar refractivity (Wildman–Crippen MR) is 84.9 cm³/mol. The predicted octanol–water partition coefficient (Wildman–Crippen LogP) is 3.63. The molecule has 122 valence electrons. The van der Waals surface area contributed by atoms with Crippen molar-refractivity contribution in [3.63, 3.8) is 0 Å². The molecule has 1 atom stereocenters. The topological polar surface area (TPSA) is 75.6 Å². The van der Waals surface area contributed by atoms with Gasteiger partial charge in [-0.25, -0.2) is 9.59 Å². The average molecular weight is 307 g/mol.